The van der Waals surface area contributed by atoms with Gasteiger partial charge in [0.1, 0.15) is 0 Å². The molecule has 2 N–H and O–H groups in total. The molecule has 100 valence electrons. The van der Waals surface area contributed by atoms with Gasteiger partial charge in [-0.05, 0) is 23.8 Å². The van der Waals surface area contributed by atoms with Crippen LogP contribution < -0.4 is 5.73 Å². The lowest BCUT2D eigenvalue weighted by Gasteiger charge is -2.34. The maximum atomic E-state index is 12.5. The number of carbonyl (C=O) groups is 2. The van der Waals surface area contributed by atoms with Crippen LogP contribution in [0.4, 0.5) is 0 Å². The Labute approximate surface area is 112 Å². The zero-order chi connectivity index (χ0) is 13.8. The highest BCUT2D eigenvalue weighted by atomic mass is 16.2. The van der Waals surface area contributed by atoms with Crippen molar-refractivity contribution in [2.45, 2.75) is 19.3 Å². The van der Waals surface area contributed by atoms with E-state index in [4.69, 9.17) is 5.73 Å². The van der Waals surface area contributed by atoms with E-state index in [1.54, 1.807) is 6.08 Å². The standard InChI is InChI=1S/C15H18N2O2/c1-11-10-13(18)17(9-5-8-16)15(19)14(11)12-6-3-2-4-7-12/h2-8,11,14H,9-10,16H2,1H3. The molecule has 4 heteroatoms. The second-order valence-corrected chi connectivity index (χ2v) is 4.84. The van der Waals surface area contributed by atoms with Gasteiger partial charge in [-0.3, -0.25) is 14.5 Å². The van der Waals surface area contributed by atoms with E-state index in [-0.39, 0.29) is 30.2 Å². The quantitative estimate of drug-likeness (QED) is 0.838. The first-order valence-corrected chi connectivity index (χ1v) is 6.41. The van der Waals surface area contributed by atoms with Crippen LogP contribution in [0, 0.1) is 5.92 Å². The lowest BCUT2D eigenvalue weighted by Crippen LogP contribution is -2.47. The number of likely N-dealkylation sites (tertiary alicyclic amines) is 1. The monoisotopic (exact) mass is 258 g/mol. The normalized spacial score (nSPS) is 24.2. The summed E-state index contributed by atoms with van der Waals surface area (Å²) in [6.45, 7) is 2.20. The molecule has 0 aliphatic carbocycles. The molecule has 1 aliphatic heterocycles. The number of nitrogens with two attached hydrogens (primary N) is 1. The van der Waals surface area contributed by atoms with Crippen LogP contribution in [-0.2, 0) is 9.59 Å². The SMILES string of the molecule is CC1CC(=O)N(CC=CN)C(=O)C1c1ccccc1. The maximum Gasteiger partial charge on any atom is 0.237 e. The Hall–Kier alpha value is -2.10. The third-order valence-electron chi connectivity index (χ3n) is 3.48. The number of imide groups is 1. The Bertz CT molecular complexity index is 496. The number of benzene rings is 1. The molecule has 0 spiro atoms. The van der Waals surface area contributed by atoms with Crippen molar-refractivity contribution in [3.05, 3.63) is 48.2 Å². The van der Waals surface area contributed by atoms with Gasteiger partial charge in [0.15, 0.2) is 0 Å². The summed E-state index contributed by atoms with van der Waals surface area (Å²) in [5, 5.41) is 0. The summed E-state index contributed by atoms with van der Waals surface area (Å²) in [6.07, 6.45) is 3.37. The van der Waals surface area contributed by atoms with Crippen molar-refractivity contribution in [2.24, 2.45) is 11.7 Å². The van der Waals surface area contributed by atoms with Crippen molar-refractivity contribution in [2.75, 3.05) is 6.54 Å². The fourth-order valence-corrected chi connectivity index (χ4v) is 2.53. The second-order valence-electron chi connectivity index (χ2n) is 4.84. The summed E-state index contributed by atoms with van der Waals surface area (Å²) in [5.41, 5.74) is 6.25. The lowest BCUT2D eigenvalue weighted by atomic mass is 9.81. The predicted molar refractivity (Wildman–Crippen MR) is 73.0 cm³/mol. The van der Waals surface area contributed by atoms with Crippen molar-refractivity contribution >= 4 is 11.8 Å². The summed E-state index contributed by atoms with van der Waals surface area (Å²) < 4.78 is 0. The van der Waals surface area contributed by atoms with E-state index in [2.05, 4.69) is 0 Å². The smallest absolute Gasteiger partial charge is 0.237 e. The Balaban J connectivity index is 2.28. The Morgan fingerprint density at radius 1 is 1.32 bits per heavy atom. The largest absolute Gasteiger partial charge is 0.405 e. The molecule has 19 heavy (non-hydrogen) atoms. The average molecular weight is 258 g/mol. The number of rotatable bonds is 3. The number of amides is 2. The van der Waals surface area contributed by atoms with Crippen LogP contribution >= 0.6 is 0 Å². The van der Waals surface area contributed by atoms with E-state index in [0.29, 0.717) is 6.42 Å². The summed E-state index contributed by atoms with van der Waals surface area (Å²) in [6, 6.07) is 9.62. The summed E-state index contributed by atoms with van der Waals surface area (Å²) in [7, 11) is 0. The van der Waals surface area contributed by atoms with E-state index in [1.807, 2.05) is 37.3 Å². The number of piperidine rings is 1. The third-order valence-corrected chi connectivity index (χ3v) is 3.48. The molecule has 1 fully saturated rings. The predicted octanol–water partition coefficient (Wildman–Crippen LogP) is 1.64. The lowest BCUT2D eigenvalue weighted by molar-refractivity contribution is -0.150. The Morgan fingerprint density at radius 2 is 2.00 bits per heavy atom. The van der Waals surface area contributed by atoms with E-state index >= 15 is 0 Å². The molecule has 2 amide bonds. The minimum atomic E-state index is -0.245. The van der Waals surface area contributed by atoms with Crippen LogP contribution in [-0.4, -0.2) is 23.3 Å². The molecule has 0 bridgehead atoms. The molecule has 1 aromatic carbocycles. The first kappa shape index (κ1) is 13.3. The molecule has 0 radical (unpaired) electrons. The highest BCUT2D eigenvalue weighted by Crippen LogP contribution is 2.33. The van der Waals surface area contributed by atoms with Crippen LogP contribution in [0.25, 0.3) is 0 Å². The molecule has 1 aliphatic rings. The van der Waals surface area contributed by atoms with Gasteiger partial charge in [0.25, 0.3) is 0 Å². The molecule has 2 unspecified atom stereocenters. The average Bonchev–Trinajstić information content (AvgIpc) is 2.39. The van der Waals surface area contributed by atoms with Crippen LogP contribution in [0.5, 0.6) is 0 Å². The van der Waals surface area contributed by atoms with Gasteiger partial charge in [-0.25, -0.2) is 0 Å². The van der Waals surface area contributed by atoms with Gasteiger partial charge in [-0.15, -0.1) is 0 Å². The van der Waals surface area contributed by atoms with Crippen molar-refractivity contribution in [3.8, 4) is 0 Å². The molecule has 4 nitrogen and oxygen atoms in total. The topological polar surface area (TPSA) is 63.4 Å². The van der Waals surface area contributed by atoms with E-state index in [9.17, 15) is 9.59 Å². The van der Waals surface area contributed by atoms with Gasteiger partial charge in [-0.1, -0.05) is 37.3 Å². The molecular formula is C15H18N2O2. The van der Waals surface area contributed by atoms with E-state index in [1.165, 1.54) is 11.1 Å². The minimum Gasteiger partial charge on any atom is -0.405 e. The number of hydrogen-bond acceptors (Lipinski definition) is 3. The highest BCUT2D eigenvalue weighted by Gasteiger charge is 2.39. The Morgan fingerprint density at radius 3 is 2.63 bits per heavy atom. The maximum absolute atomic E-state index is 12.5. The molecule has 0 saturated carbocycles. The van der Waals surface area contributed by atoms with E-state index < -0.39 is 0 Å². The summed E-state index contributed by atoms with van der Waals surface area (Å²) >= 11 is 0. The van der Waals surface area contributed by atoms with E-state index in [0.717, 1.165) is 5.56 Å². The van der Waals surface area contributed by atoms with Crippen molar-refractivity contribution < 1.29 is 9.59 Å². The molecule has 1 heterocycles. The number of carbonyl (C=O) groups excluding carboxylic acids is 2. The van der Waals surface area contributed by atoms with Gasteiger partial charge in [0.05, 0.1) is 5.92 Å². The van der Waals surface area contributed by atoms with Crippen LogP contribution in [0.3, 0.4) is 0 Å². The van der Waals surface area contributed by atoms with Crippen LogP contribution in [0.1, 0.15) is 24.8 Å². The van der Waals surface area contributed by atoms with Crippen molar-refractivity contribution in [3.63, 3.8) is 0 Å². The Kier molecular flexibility index (Phi) is 4.00. The van der Waals surface area contributed by atoms with Gasteiger partial charge in [0.2, 0.25) is 11.8 Å². The van der Waals surface area contributed by atoms with Gasteiger partial charge < -0.3 is 5.73 Å². The van der Waals surface area contributed by atoms with Crippen LogP contribution in [0.15, 0.2) is 42.6 Å². The fourth-order valence-electron chi connectivity index (χ4n) is 2.53. The summed E-state index contributed by atoms with van der Waals surface area (Å²) in [4.78, 5) is 25.7. The molecule has 2 atom stereocenters. The fraction of sp³-hybridized carbons (Fsp3) is 0.333. The molecule has 1 aromatic rings. The van der Waals surface area contributed by atoms with Crippen LogP contribution in [0.2, 0.25) is 0 Å². The molecule has 2 rings (SSSR count). The highest BCUT2D eigenvalue weighted by molar-refractivity contribution is 6.01. The first-order chi connectivity index (χ1) is 9.15. The number of nitrogens with zero attached hydrogens (tertiary/aromatic N) is 1. The zero-order valence-corrected chi connectivity index (χ0v) is 11.0. The van der Waals surface area contributed by atoms with Crippen molar-refractivity contribution in [1.82, 2.24) is 4.90 Å². The first-order valence-electron chi connectivity index (χ1n) is 6.41. The summed E-state index contributed by atoms with van der Waals surface area (Å²) in [5.74, 6) is -0.471. The molecule has 0 aromatic heterocycles. The molecular weight excluding hydrogens is 240 g/mol. The van der Waals surface area contributed by atoms with Gasteiger partial charge in [0, 0.05) is 13.0 Å². The zero-order valence-electron chi connectivity index (χ0n) is 11.0. The number of hydrogen-bond donors (Lipinski definition) is 1. The van der Waals surface area contributed by atoms with Crippen molar-refractivity contribution in [1.29, 1.82) is 0 Å². The third kappa shape index (κ3) is 2.67. The van der Waals surface area contributed by atoms with Gasteiger partial charge in [-0.2, -0.15) is 0 Å². The second kappa shape index (κ2) is 5.69. The minimum absolute atomic E-state index is 0.0282. The molecule has 1 saturated heterocycles. The van der Waals surface area contributed by atoms with Gasteiger partial charge >= 0.3 is 0 Å².